The Morgan fingerprint density at radius 1 is 1.30 bits per heavy atom. The van der Waals surface area contributed by atoms with Gasteiger partial charge in [-0.3, -0.25) is 9.59 Å². The molecule has 0 aliphatic carbocycles. The predicted octanol–water partition coefficient (Wildman–Crippen LogP) is -1.49. The highest BCUT2D eigenvalue weighted by Crippen LogP contribution is 2.32. The Labute approximate surface area is 157 Å². The fourth-order valence-electron chi connectivity index (χ4n) is 2.98. The molecule has 1 fully saturated rings. The smallest absolute Gasteiger partial charge is 0.335 e. The zero-order valence-corrected chi connectivity index (χ0v) is 15.8. The number of aliphatic hydroxyl groups is 3. The molecule has 0 radical (unpaired) electrons. The molecule has 1 aliphatic rings. The first kappa shape index (κ1) is 23.3. The van der Waals surface area contributed by atoms with Gasteiger partial charge in [0.1, 0.15) is 12.2 Å². The molecule has 0 aromatic rings. The van der Waals surface area contributed by atoms with Crippen molar-refractivity contribution in [1.29, 1.82) is 0 Å². The van der Waals surface area contributed by atoms with E-state index in [9.17, 15) is 34.8 Å². The number of ether oxygens (including phenoxy) is 1. The van der Waals surface area contributed by atoms with E-state index in [1.165, 1.54) is 13.8 Å². The number of carbonyl (C=O) groups is 3. The molecule has 10 nitrogen and oxygen atoms in total. The second kappa shape index (κ2) is 9.98. The first-order chi connectivity index (χ1) is 12.5. The molecule has 0 aromatic carbocycles. The van der Waals surface area contributed by atoms with Crippen molar-refractivity contribution in [1.82, 2.24) is 10.6 Å². The lowest BCUT2D eigenvalue weighted by Gasteiger charge is -2.45. The molecule has 156 valence electrons. The summed E-state index contributed by atoms with van der Waals surface area (Å²) in [6.45, 7) is 4.09. The second-order valence-electron chi connectivity index (χ2n) is 7.08. The third-order valence-electron chi connectivity index (χ3n) is 4.58. The van der Waals surface area contributed by atoms with Crippen LogP contribution in [0.15, 0.2) is 0 Å². The summed E-state index contributed by atoms with van der Waals surface area (Å²) in [7, 11) is 0. The van der Waals surface area contributed by atoms with Crippen LogP contribution in [0.5, 0.6) is 0 Å². The Morgan fingerprint density at radius 2 is 1.93 bits per heavy atom. The van der Waals surface area contributed by atoms with E-state index in [0.29, 0.717) is 6.42 Å². The maximum absolute atomic E-state index is 11.6. The van der Waals surface area contributed by atoms with Gasteiger partial charge in [0.05, 0.1) is 18.2 Å². The summed E-state index contributed by atoms with van der Waals surface area (Å²) < 4.78 is 5.48. The van der Waals surface area contributed by atoms with Crippen LogP contribution in [0, 0.1) is 0 Å². The number of rotatable bonds is 9. The monoisotopic (exact) mass is 390 g/mol. The normalized spacial score (nSPS) is 30.2. The third-order valence-corrected chi connectivity index (χ3v) is 4.58. The predicted molar refractivity (Wildman–Crippen MR) is 93.7 cm³/mol. The average Bonchev–Trinajstić information content (AvgIpc) is 2.58. The van der Waals surface area contributed by atoms with E-state index < -0.39 is 47.9 Å². The number of aliphatic carboxylic acids is 1. The van der Waals surface area contributed by atoms with Gasteiger partial charge in [0.2, 0.25) is 11.8 Å². The first-order valence-corrected chi connectivity index (χ1v) is 9.01. The molecule has 1 rings (SSSR count). The van der Waals surface area contributed by atoms with Gasteiger partial charge in [0, 0.05) is 26.3 Å². The lowest BCUT2D eigenvalue weighted by molar-refractivity contribution is -0.222. The molecule has 1 heterocycles. The van der Waals surface area contributed by atoms with Gasteiger partial charge in [-0.15, -0.1) is 0 Å². The van der Waals surface area contributed by atoms with Crippen molar-refractivity contribution in [3.05, 3.63) is 0 Å². The van der Waals surface area contributed by atoms with Crippen molar-refractivity contribution in [3.63, 3.8) is 0 Å². The van der Waals surface area contributed by atoms with Crippen LogP contribution in [0.25, 0.3) is 0 Å². The maximum atomic E-state index is 11.6. The Hall–Kier alpha value is -1.75. The summed E-state index contributed by atoms with van der Waals surface area (Å²) in [4.78, 5) is 34.5. The van der Waals surface area contributed by atoms with Crippen LogP contribution in [0.4, 0.5) is 0 Å². The van der Waals surface area contributed by atoms with E-state index in [-0.39, 0.29) is 25.3 Å². The summed E-state index contributed by atoms with van der Waals surface area (Å²) in [5.74, 6) is -2.15. The van der Waals surface area contributed by atoms with Crippen molar-refractivity contribution in [3.8, 4) is 0 Å². The van der Waals surface area contributed by atoms with Gasteiger partial charge in [-0.05, 0) is 13.3 Å². The summed E-state index contributed by atoms with van der Waals surface area (Å²) in [6.07, 6.45) is -4.34. The fraction of sp³-hybridized carbons (Fsp3) is 0.824. The zero-order valence-electron chi connectivity index (χ0n) is 15.8. The molecule has 0 aromatic heterocycles. The van der Waals surface area contributed by atoms with Gasteiger partial charge in [-0.2, -0.15) is 0 Å². The largest absolute Gasteiger partial charge is 0.479 e. The minimum atomic E-state index is -1.80. The van der Waals surface area contributed by atoms with Crippen molar-refractivity contribution >= 4 is 17.8 Å². The number of carboxylic acid groups (broad SMARTS) is 1. The fourth-order valence-corrected chi connectivity index (χ4v) is 2.98. The number of carbonyl (C=O) groups excluding carboxylic acids is 2. The molecule has 6 atom stereocenters. The van der Waals surface area contributed by atoms with Crippen LogP contribution in [-0.4, -0.2) is 80.8 Å². The highest BCUT2D eigenvalue weighted by atomic mass is 16.6. The number of unbranched alkanes of at least 4 members (excludes halogenated alkanes) is 1. The molecule has 0 spiro atoms. The van der Waals surface area contributed by atoms with Gasteiger partial charge < -0.3 is 35.8 Å². The molecule has 27 heavy (non-hydrogen) atoms. The highest BCUT2D eigenvalue weighted by Gasteiger charge is 2.52. The van der Waals surface area contributed by atoms with Crippen LogP contribution >= 0.6 is 0 Å². The number of nitrogens with one attached hydrogen (secondary N) is 2. The van der Waals surface area contributed by atoms with Crippen molar-refractivity contribution in [2.24, 2.45) is 0 Å². The average molecular weight is 390 g/mol. The van der Waals surface area contributed by atoms with E-state index >= 15 is 0 Å². The summed E-state index contributed by atoms with van der Waals surface area (Å²) in [5, 5.41) is 45.2. The minimum Gasteiger partial charge on any atom is -0.479 e. The second-order valence-corrected chi connectivity index (χ2v) is 7.08. The number of carboxylic acids is 1. The van der Waals surface area contributed by atoms with Crippen molar-refractivity contribution < 1.29 is 39.5 Å². The topological polar surface area (TPSA) is 165 Å². The summed E-state index contributed by atoms with van der Waals surface area (Å²) in [5.41, 5.74) is -1.80. The van der Waals surface area contributed by atoms with Gasteiger partial charge in [-0.1, -0.05) is 13.3 Å². The molecule has 1 unspecified atom stereocenters. The highest BCUT2D eigenvalue weighted by molar-refractivity contribution is 5.77. The molecule has 1 saturated heterocycles. The van der Waals surface area contributed by atoms with Crippen LogP contribution in [0.2, 0.25) is 0 Å². The molecular weight excluding hydrogens is 360 g/mol. The standard InChI is InChI=1S/C17H30N2O8/c1-4-5-6-12(23)18-8-11(22)14(24)15-13(19-9(2)20)10(21)7-17(3,27-15)16(25)26/h10-11,13-15,21-22,24H,4-8H2,1-3H3,(H,18,23)(H,19,20)(H,25,26)/t10-,11+,13+,14+,15?,17-/m0/s1. The Bertz CT molecular complexity index is 543. The van der Waals surface area contributed by atoms with Crippen molar-refractivity contribution in [2.45, 2.75) is 82.5 Å². The van der Waals surface area contributed by atoms with Crippen LogP contribution in [0.1, 0.15) is 46.5 Å². The van der Waals surface area contributed by atoms with E-state index in [0.717, 1.165) is 6.42 Å². The first-order valence-electron chi connectivity index (χ1n) is 9.01. The SMILES string of the molecule is CCCCC(=O)NC[C@@H](O)[C@@H](O)C1O[C@](C)(C(=O)O)C[C@H](O)[C@H]1NC(C)=O. The Kier molecular flexibility index (Phi) is 8.60. The number of hydrogen-bond acceptors (Lipinski definition) is 7. The third kappa shape index (κ3) is 6.42. The molecule has 0 saturated carbocycles. The maximum Gasteiger partial charge on any atom is 0.335 e. The number of aliphatic hydroxyl groups excluding tert-OH is 3. The van der Waals surface area contributed by atoms with Crippen LogP contribution in [0.3, 0.4) is 0 Å². The molecule has 0 bridgehead atoms. The molecule has 2 amide bonds. The lowest BCUT2D eigenvalue weighted by atomic mass is 9.84. The summed E-state index contributed by atoms with van der Waals surface area (Å²) in [6, 6.07) is -1.12. The van der Waals surface area contributed by atoms with E-state index in [4.69, 9.17) is 4.74 Å². The minimum absolute atomic E-state index is 0.281. The van der Waals surface area contributed by atoms with E-state index in [1.807, 2.05) is 6.92 Å². The number of amides is 2. The molecule has 6 N–H and O–H groups in total. The van der Waals surface area contributed by atoms with E-state index in [2.05, 4.69) is 10.6 Å². The van der Waals surface area contributed by atoms with Gasteiger partial charge >= 0.3 is 5.97 Å². The Morgan fingerprint density at radius 3 is 2.44 bits per heavy atom. The molecule has 1 aliphatic heterocycles. The van der Waals surface area contributed by atoms with E-state index in [1.54, 1.807) is 0 Å². The number of hydrogen-bond donors (Lipinski definition) is 6. The Balaban J connectivity index is 2.88. The van der Waals surface area contributed by atoms with Gasteiger partial charge in [-0.25, -0.2) is 4.79 Å². The quantitative estimate of drug-likeness (QED) is 0.277. The van der Waals surface area contributed by atoms with Gasteiger partial charge in [0.25, 0.3) is 0 Å². The van der Waals surface area contributed by atoms with Gasteiger partial charge in [0.15, 0.2) is 5.60 Å². The zero-order chi connectivity index (χ0) is 20.8. The molecule has 10 heteroatoms. The van der Waals surface area contributed by atoms with Crippen LogP contribution < -0.4 is 10.6 Å². The molecular formula is C17H30N2O8. The lowest BCUT2D eigenvalue weighted by Crippen LogP contribution is -2.66. The summed E-state index contributed by atoms with van der Waals surface area (Å²) >= 11 is 0. The van der Waals surface area contributed by atoms with Crippen LogP contribution in [-0.2, 0) is 19.1 Å². The van der Waals surface area contributed by atoms with Crippen molar-refractivity contribution in [2.75, 3.05) is 6.54 Å².